The maximum Gasteiger partial charge on any atom is 0.224 e. The SMILES string of the molecule is Cl.NC1CCCC(CNC(=O)Cc2ccccc2F)C1. The van der Waals surface area contributed by atoms with Crippen LogP contribution in [0.1, 0.15) is 31.2 Å². The number of nitrogens with one attached hydrogen (secondary N) is 1. The predicted octanol–water partition coefficient (Wildman–Crippen LogP) is 2.42. The fourth-order valence-corrected chi connectivity index (χ4v) is 2.65. The maximum absolute atomic E-state index is 13.4. The third-order valence-electron chi connectivity index (χ3n) is 3.72. The number of nitrogens with two attached hydrogens (primary N) is 1. The van der Waals surface area contributed by atoms with E-state index in [-0.39, 0.29) is 36.6 Å². The Morgan fingerprint density at radius 1 is 1.35 bits per heavy atom. The predicted molar refractivity (Wildman–Crippen MR) is 80.3 cm³/mol. The van der Waals surface area contributed by atoms with Crippen LogP contribution in [0.4, 0.5) is 4.39 Å². The van der Waals surface area contributed by atoms with Crippen LogP contribution in [0.3, 0.4) is 0 Å². The fourth-order valence-electron chi connectivity index (χ4n) is 2.65. The number of rotatable bonds is 4. The molecule has 1 aromatic rings. The summed E-state index contributed by atoms with van der Waals surface area (Å²) in [6.07, 6.45) is 4.41. The van der Waals surface area contributed by atoms with Gasteiger partial charge in [-0.25, -0.2) is 4.39 Å². The number of amides is 1. The maximum atomic E-state index is 13.4. The van der Waals surface area contributed by atoms with Gasteiger partial charge in [-0.2, -0.15) is 0 Å². The minimum atomic E-state index is -0.322. The zero-order valence-corrected chi connectivity index (χ0v) is 12.3. The van der Waals surface area contributed by atoms with Crippen LogP contribution in [0.2, 0.25) is 0 Å². The van der Waals surface area contributed by atoms with Crippen LogP contribution in [0.5, 0.6) is 0 Å². The molecular weight excluding hydrogens is 279 g/mol. The Hall–Kier alpha value is -1.13. The van der Waals surface area contributed by atoms with E-state index >= 15 is 0 Å². The first-order valence-corrected chi connectivity index (χ1v) is 6.91. The van der Waals surface area contributed by atoms with Gasteiger partial charge in [-0.15, -0.1) is 12.4 Å². The first-order valence-electron chi connectivity index (χ1n) is 6.91. The van der Waals surface area contributed by atoms with Crippen molar-refractivity contribution >= 4 is 18.3 Å². The molecule has 20 heavy (non-hydrogen) atoms. The molecule has 0 saturated heterocycles. The third kappa shape index (κ3) is 5.10. The lowest BCUT2D eigenvalue weighted by Gasteiger charge is -2.26. The van der Waals surface area contributed by atoms with Crippen LogP contribution in [-0.2, 0) is 11.2 Å². The highest BCUT2D eigenvalue weighted by molar-refractivity contribution is 5.85. The van der Waals surface area contributed by atoms with E-state index in [4.69, 9.17) is 5.73 Å². The summed E-state index contributed by atoms with van der Waals surface area (Å²) >= 11 is 0. The molecule has 3 nitrogen and oxygen atoms in total. The van der Waals surface area contributed by atoms with E-state index in [1.54, 1.807) is 18.2 Å². The van der Waals surface area contributed by atoms with Crippen molar-refractivity contribution in [1.82, 2.24) is 5.32 Å². The van der Waals surface area contributed by atoms with Gasteiger partial charge < -0.3 is 11.1 Å². The Morgan fingerprint density at radius 3 is 2.80 bits per heavy atom. The molecule has 1 amide bonds. The van der Waals surface area contributed by atoms with E-state index in [1.807, 2.05) is 0 Å². The second kappa shape index (κ2) is 8.22. The number of hydrogen-bond donors (Lipinski definition) is 2. The lowest BCUT2D eigenvalue weighted by atomic mass is 9.86. The molecule has 0 radical (unpaired) electrons. The van der Waals surface area contributed by atoms with Gasteiger partial charge in [0.1, 0.15) is 5.82 Å². The molecule has 0 bridgehead atoms. The van der Waals surface area contributed by atoms with Crippen LogP contribution >= 0.6 is 12.4 Å². The summed E-state index contributed by atoms with van der Waals surface area (Å²) in [6, 6.07) is 6.66. The largest absolute Gasteiger partial charge is 0.356 e. The van der Waals surface area contributed by atoms with Crippen molar-refractivity contribution in [1.29, 1.82) is 0 Å². The van der Waals surface area contributed by atoms with Gasteiger partial charge in [-0.1, -0.05) is 24.6 Å². The van der Waals surface area contributed by atoms with Gasteiger partial charge >= 0.3 is 0 Å². The molecule has 1 aromatic carbocycles. The summed E-state index contributed by atoms with van der Waals surface area (Å²) in [6.45, 7) is 0.654. The molecule has 0 aromatic heterocycles. The van der Waals surface area contributed by atoms with E-state index in [2.05, 4.69) is 5.32 Å². The first-order chi connectivity index (χ1) is 9.15. The zero-order chi connectivity index (χ0) is 13.7. The summed E-state index contributed by atoms with van der Waals surface area (Å²) in [5.41, 5.74) is 6.36. The van der Waals surface area contributed by atoms with Crippen molar-refractivity contribution in [2.75, 3.05) is 6.54 Å². The lowest BCUT2D eigenvalue weighted by Crippen LogP contribution is -2.36. The van der Waals surface area contributed by atoms with Gasteiger partial charge in [0.15, 0.2) is 0 Å². The molecule has 5 heteroatoms. The average molecular weight is 301 g/mol. The molecule has 1 aliphatic rings. The molecule has 0 aliphatic heterocycles. The number of hydrogen-bond acceptors (Lipinski definition) is 2. The van der Waals surface area contributed by atoms with Gasteiger partial charge in [-0.3, -0.25) is 4.79 Å². The van der Waals surface area contributed by atoms with Gasteiger partial charge in [0.05, 0.1) is 6.42 Å². The van der Waals surface area contributed by atoms with Crippen molar-refractivity contribution in [2.24, 2.45) is 11.7 Å². The second-order valence-electron chi connectivity index (χ2n) is 5.36. The smallest absolute Gasteiger partial charge is 0.224 e. The van der Waals surface area contributed by atoms with Crippen LogP contribution in [0, 0.1) is 11.7 Å². The second-order valence-corrected chi connectivity index (χ2v) is 5.36. The Labute approximate surface area is 125 Å². The monoisotopic (exact) mass is 300 g/mol. The minimum absolute atomic E-state index is 0. The summed E-state index contributed by atoms with van der Waals surface area (Å²) in [7, 11) is 0. The third-order valence-corrected chi connectivity index (χ3v) is 3.72. The van der Waals surface area contributed by atoms with E-state index in [0.717, 1.165) is 25.7 Å². The highest BCUT2D eigenvalue weighted by Crippen LogP contribution is 2.22. The topological polar surface area (TPSA) is 55.1 Å². The van der Waals surface area contributed by atoms with Gasteiger partial charge in [0, 0.05) is 12.6 Å². The molecule has 1 saturated carbocycles. The molecule has 0 spiro atoms. The molecule has 112 valence electrons. The normalized spacial score (nSPS) is 21.9. The number of halogens is 2. The van der Waals surface area contributed by atoms with Crippen LogP contribution < -0.4 is 11.1 Å². The minimum Gasteiger partial charge on any atom is -0.356 e. The standard InChI is InChI=1S/C15H21FN2O.ClH/c16-14-7-2-1-5-12(14)9-15(19)18-10-11-4-3-6-13(17)8-11;/h1-2,5,7,11,13H,3-4,6,8-10,17H2,(H,18,19);1H. The molecule has 1 fully saturated rings. The number of carbonyl (C=O) groups is 1. The van der Waals surface area contributed by atoms with Gasteiger partial charge in [0.25, 0.3) is 0 Å². The van der Waals surface area contributed by atoms with Crippen LogP contribution in [0.15, 0.2) is 24.3 Å². The van der Waals surface area contributed by atoms with Crippen LogP contribution in [-0.4, -0.2) is 18.5 Å². The summed E-state index contributed by atoms with van der Waals surface area (Å²) < 4.78 is 13.4. The first kappa shape index (κ1) is 16.9. The van der Waals surface area contributed by atoms with Crippen molar-refractivity contribution < 1.29 is 9.18 Å². The molecule has 2 atom stereocenters. The quantitative estimate of drug-likeness (QED) is 0.897. The molecule has 3 N–H and O–H groups in total. The Morgan fingerprint density at radius 2 is 2.10 bits per heavy atom. The van der Waals surface area contributed by atoms with E-state index in [1.165, 1.54) is 6.07 Å². The van der Waals surface area contributed by atoms with Crippen molar-refractivity contribution in [3.05, 3.63) is 35.6 Å². The molecule has 1 aliphatic carbocycles. The van der Waals surface area contributed by atoms with Crippen molar-refractivity contribution in [2.45, 2.75) is 38.1 Å². The van der Waals surface area contributed by atoms with Gasteiger partial charge in [-0.05, 0) is 36.8 Å². The lowest BCUT2D eigenvalue weighted by molar-refractivity contribution is -0.120. The van der Waals surface area contributed by atoms with Crippen molar-refractivity contribution in [3.8, 4) is 0 Å². The number of carbonyl (C=O) groups excluding carboxylic acids is 1. The Kier molecular flexibility index (Phi) is 6.96. The molecular formula is C15H22ClFN2O. The van der Waals surface area contributed by atoms with E-state index in [9.17, 15) is 9.18 Å². The summed E-state index contributed by atoms with van der Waals surface area (Å²) in [5.74, 6) is 0.0231. The number of benzene rings is 1. The van der Waals surface area contributed by atoms with Crippen LogP contribution in [0.25, 0.3) is 0 Å². The molecule has 0 heterocycles. The van der Waals surface area contributed by atoms with Crippen molar-refractivity contribution in [3.63, 3.8) is 0 Å². The Balaban J connectivity index is 0.00000200. The van der Waals surface area contributed by atoms with E-state index < -0.39 is 0 Å². The highest BCUT2D eigenvalue weighted by atomic mass is 35.5. The van der Waals surface area contributed by atoms with E-state index in [0.29, 0.717) is 18.0 Å². The highest BCUT2D eigenvalue weighted by Gasteiger charge is 2.19. The average Bonchev–Trinajstić information content (AvgIpc) is 2.39. The zero-order valence-electron chi connectivity index (χ0n) is 11.5. The Bertz CT molecular complexity index is 442. The summed E-state index contributed by atoms with van der Waals surface area (Å²) in [5, 5.41) is 2.89. The fraction of sp³-hybridized carbons (Fsp3) is 0.533. The summed E-state index contributed by atoms with van der Waals surface area (Å²) in [4.78, 5) is 11.8. The molecule has 2 rings (SSSR count). The molecule has 2 unspecified atom stereocenters. The van der Waals surface area contributed by atoms with Gasteiger partial charge in [0.2, 0.25) is 5.91 Å².